The maximum atomic E-state index is 13.2. The van der Waals surface area contributed by atoms with Gasteiger partial charge in [0.1, 0.15) is 22.2 Å². The number of carboxylic acids is 1. The second-order valence-corrected chi connectivity index (χ2v) is 8.13. The van der Waals surface area contributed by atoms with Crippen molar-refractivity contribution >= 4 is 44.9 Å². The van der Waals surface area contributed by atoms with E-state index in [0.717, 1.165) is 4.31 Å². The van der Waals surface area contributed by atoms with Crippen molar-refractivity contribution in [1.29, 1.82) is 0 Å². The second kappa shape index (κ2) is 7.73. The molecule has 0 radical (unpaired) electrons. The number of nitrogens with zero attached hydrogens (tertiary/aromatic N) is 1. The molecule has 0 amide bonds. The van der Waals surface area contributed by atoms with Gasteiger partial charge in [0.25, 0.3) is 10.0 Å². The third kappa shape index (κ3) is 3.75. The monoisotopic (exact) mass is 417 g/mol. The number of hydrogen-bond acceptors (Lipinski definition) is 4. The molecule has 0 saturated carbocycles. The molecule has 9 heteroatoms. The summed E-state index contributed by atoms with van der Waals surface area (Å²) in [4.78, 5) is 11.1. The Balaban J connectivity index is 2.73. The Morgan fingerprint density at radius 2 is 1.69 bits per heavy atom. The number of para-hydroxylation sites is 1. The van der Waals surface area contributed by atoms with Gasteiger partial charge in [-0.2, -0.15) is 0 Å². The number of halogens is 2. The normalized spacial score (nSPS) is 11.3. The number of aliphatic carboxylic acids is 1. The maximum absolute atomic E-state index is 13.2. The molecule has 0 fully saturated rings. The number of aryl methyl sites for hydroxylation is 2. The van der Waals surface area contributed by atoms with Crippen molar-refractivity contribution < 1.29 is 23.1 Å². The summed E-state index contributed by atoms with van der Waals surface area (Å²) in [5, 5.41) is 8.97. The Kier molecular flexibility index (Phi) is 6.05. The molecule has 0 spiro atoms. The summed E-state index contributed by atoms with van der Waals surface area (Å²) in [5.41, 5.74) is 1.52. The van der Waals surface area contributed by atoms with Crippen molar-refractivity contribution in [3.05, 3.63) is 51.5 Å². The lowest BCUT2D eigenvalue weighted by Crippen LogP contribution is -2.37. The van der Waals surface area contributed by atoms with Gasteiger partial charge in [-0.1, -0.05) is 41.4 Å². The van der Waals surface area contributed by atoms with Gasteiger partial charge in [0.15, 0.2) is 0 Å². The summed E-state index contributed by atoms with van der Waals surface area (Å²) < 4.78 is 32.3. The number of hydrogen-bond donors (Lipinski definition) is 1. The highest BCUT2D eigenvalue weighted by molar-refractivity contribution is 7.93. The molecular weight excluding hydrogens is 401 g/mol. The summed E-state index contributed by atoms with van der Waals surface area (Å²) in [6, 6.07) is 7.77. The van der Waals surface area contributed by atoms with Crippen LogP contribution >= 0.6 is 23.2 Å². The molecule has 0 heterocycles. The Hall–Kier alpha value is -1.96. The third-order valence-corrected chi connectivity index (χ3v) is 6.53. The van der Waals surface area contributed by atoms with Crippen molar-refractivity contribution in [3.63, 3.8) is 0 Å². The fraction of sp³-hybridized carbons (Fsp3) is 0.235. The number of benzene rings is 2. The number of anilines is 1. The van der Waals surface area contributed by atoms with Gasteiger partial charge in [-0.25, -0.2) is 8.42 Å². The second-order valence-electron chi connectivity index (χ2n) is 5.54. The van der Waals surface area contributed by atoms with Crippen molar-refractivity contribution in [2.24, 2.45) is 0 Å². The van der Waals surface area contributed by atoms with Crippen molar-refractivity contribution in [2.75, 3.05) is 18.0 Å². The highest BCUT2D eigenvalue weighted by Gasteiger charge is 2.32. The largest absolute Gasteiger partial charge is 0.495 e. The summed E-state index contributed by atoms with van der Waals surface area (Å²) in [6.07, 6.45) is 0. The van der Waals surface area contributed by atoms with Gasteiger partial charge in [-0.15, -0.1) is 0 Å². The first-order chi connectivity index (χ1) is 12.1. The number of sulfonamides is 1. The van der Waals surface area contributed by atoms with Crippen LogP contribution in [-0.2, 0) is 14.8 Å². The molecule has 2 aromatic rings. The SMILES string of the molecule is COc1ccc(S(=O)(=O)N(CC(=O)O)c2c(C)cccc2C)c(Cl)c1Cl. The van der Waals surface area contributed by atoms with Gasteiger partial charge in [-0.05, 0) is 37.1 Å². The van der Waals surface area contributed by atoms with Crippen molar-refractivity contribution in [2.45, 2.75) is 18.7 Å². The molecule has 0 bridgehead atoms. The summed E-state index contributed by atoms with van der Waals surface area (Å²) >= 11 is 12.2. The van der Waals surface area contributed by atoms with E-state index in [4.69, 9.17) is 27.9 Å². The zero-order valence-electron chi connectivity index (χ0n) is 14.3. The fourth-order valence-corrected chi connectivity index (χ4v) is 4.96. The number of rotatable bonds is 6. The molecular formula is C17H17Cl2NO5S. The molecule has 0 saturated heterocycles. The summed E-state index contributed by atoms with van der Waals surface area (Å²) in [7, 11) is -2.92. The Labute approximate surface area is 162 Å². The Bertz CT molecular complexity index is 940. The average Bonchev–Trinajstić information content (AvgIpc) is 2.55. The highest BCUT2D eigenvalue weighted by atomic mass is 35.5. The van der Waals surface area contributed by atoms with Gasteiger partial charge < -0.3 is 9.84 Å². The predicted octanol–water partition coefficient (Wildman–Crippen LogP) is 3.90. The lowest BCUT2D eigenvalue weighted by Gasteiger charge is -2.26. The minimum absolute atomic E-state index is 0.0629. The lowest BCUT2D eigenvalue weighted by atomic mass is 10.1. The highest BCUT2D eigenvalue weighted by Crippen LogP contribution is 2.39. The molecule has 2 aromatic carbocycles. The standard InChI is InChI=1S/C17H17Cl2NO5S/c1-10-5-4-6-11(2)17(10)20(9-14(21)22)26(23,24)13-8-7-12(25-3)15(18)16(13)19/h4-8H,9H2,1-3H3,(H,21,22). The summed E-state index contributed by atoms with van der Waals surface area (Å²) in [5.74, 6) is -1.08. The molecule has 0 atom stereocenters. The van der Waals surface area contributed by atoms with Crippen LogP contribution in [-0.4, -0.2) is 33.1 Å². The Morgan fingerprint density at radius 1 is 1.12 bits per heavy atom. The summed E-state index contributed by atoms with van der Waals surface area (Å²) in [6.45, 7) is 2.65. The quantitative estimate of drug-likeness (QED) is 0.770. The molecule has 0 aliphatic carbocycles. The Morgan fingerprint density at radius 3 is 2.19 bits per heavy atom. The van der Waals surface area contributed by atoms with Crippen LogP contribution in [0, 0.1) is 13.8 Å². The van der Waals surface area contributed by atoms with E-state index < -0.39 is 22.5 Å². The van der Waals surface area contributed by atoms with E-state index in [9.17, 15) is 18.3 Å². The van der Waals surface area contributed by atoms with E-state index in [1.165, 1.54) is 19.2 Å². The van der Waals surface area contributed by atoms with Crippen LogP contribution in [0.4, 0.5) is 5.69 Å². The van der Waals surface area contributed by atoms with E-state index >= 15 is 0 Å². The molecule has 26 heavy (non-hydrogen) atoms. The van der Waals surface area contributed by atoms with E-state index in [1.54, 1.807) is 32.0 Å². The zero-order chi connectivity index (χ0) is 19.6. The van der Waals surface area contributed by atoms with Gasteiger partial charge in [-0.3, -0.25) is 9.10 Å². The predicted molar refractivity (Wildman–Crippen MR) is 101 cm³/mol. The number of methoxy groups -OCH3 is 1. The van der Waals surface area contributed by atoms with Gasteiger partial charge in [0, 0.05) is 0 Å². The first-order valence-corrected chi connectivity index (χ1v) is 9.63. The minimum Gasteiger partial charge on any atom is -0.495 e. The third-order valence-electron chi connectivity index (χ3n) is 3.77. The first-order valence-electron chi connectivity index (χ1n) is 7.44. The first kappa shape index (κ1) is 20.4. The van der Waals surface area contributed by atoms with Gasteiger partial charge in [0.2, 0.25) is 0 Å². The van der Waals surface area contributed by atoms with Gasteiger partial charge >= 0.3 is 5.97 Å². The molecule has 0 aliphatic rings. The molecule has 0 unspecified atom stereocenters. The van der Waals surface area contributed by atoms with E-state index in [0.29, 0.717) is 11.1 Å². The van der Waals surface area contributed by atoms with Crippen molar-refractivity contribution in [3.8, 4) is 5.75 Å². The van der Waals surface area contributed by atoms with Crippen LogP contribution < -0.4 is 9.04 Å². The van der Waals surface area contributed by atoms with Gasteiger partial charge in [0.05, 0.1) is 17.8 Å². The maximum Gasteiger partial charge on any atom is 0.324 e. The fourth-order valence-electron chi connectivity index (χ4n) is 2.60. The van der Waals surface area contributed by atoms with E-state index in [2.05, 4.69) is 0 Å². The molecule has 0 aromatic heterocycles. The molecule has 140 valence electrons. The van der Waals surface area contributed by atoms with E-state index in [-0.39, 0.29) is 26.4 Å². The molecule has 2 rings (SSSR count). The van der Waals surface area contributed by atoms with Crippen LogP contribution in [0.3, 0.4) is 0 Å². The molecule has 0 aliphatic heterocycles. The molecule has 1 N–H and O–H groups in total. The number of ether oxygens (including phenoxy) is 1. The number of carbonyl (C=O) groups is 1. The topological polar surface area (TPSA) is 83.9 Å². The van der Waals surface area contributed by atoms with Crippen LogP contribution in [0.15, 0.2) is 35.2 Å². The van der Waals surface area contributed by atoms with Crippen LogP contribution in [0.25, 0.3) is 0 Å². The minimum atomic E-state index is -4.29. The van der Waals surface area contributed by atoms with Crippen LogP contribution in [0.5, 0.6) is 5.75 Å². The lowest BCUT2D eigenvalue weighted by molar-refractivity contribution is -0.135. The molecule has 6 nitrogen and oxygen atoms in total. The van der Waals surface area contributed by atoms with Crippen LogP contribution in [0.1, 0.15) is 11.1 Å². The van der Waals surface area contributed by atoms with Crippen molar-refractivity contribution in [1.82, 2.24) is 0 Å². The van der Waals surface area contributed by atoms with E-state index in [1.807, 2.05) is 0 Å². The average molecular weight is 418 g/mol. The van der Waals surface area contributed by atoms with Crippen LogP contribution in [0.2, 0.25) is 10.0 Å². The number of carboxylic acid groups (broad SMARTS) is 1. The smallest absolute Gasteiger partial charge is 0.324 e. The zero-order valence-corrected chi connectivity index (χ0v) is 16.6.